The predicted molar refractivity (Wildman–Crippen MR) is 150 cm³/mol. The molecule has 4 aromatic rings. The van der Waals surface area contributed by atoms with Gasteiger partial charge >= 0.3 is 6.09 Å². The number of nitrogens with zero attached hydrogens (tertiary/aromatic N) is 7. The van der Waals surface area contributed by atoms with E-state index in [1.807, 2.05) is 22.7 Å². The Labute approximate surface area is 230 Å². The monoisotopic (exact) mass is 548 g/mol. The maximum absolute atomic E-state index is 12.8. The number of hydrogen-bond donors (Lipinski definition) is 3. The molecule has 4 heterocycles. The molecule has 0 radical (unpaired) electrons. The van der Waals surface area contributed by atoms with Gasteiger partial charge in [0.15, 0.2) is 17.0 Å². The van der Waals surface area contributed by atoms with Crippen LogP contribution >= 0.6 is 0 Å². The van der Waals surface area contributed by atoms with Gasteiger partial charge in [0.05, 0.1) is 31.6 Å². The first-order valence-corrected chi connectivity index (χ1v) is 12.9. The number of benzene rings is 1. The normalized spacial score (nSPS) is 13.8. The topological polar surface area (TPSA) is 153 Å². The van der Waals surface area contributed by atoms with Crippen molar-refractivity contribution in [3.05, 3.63) is 43.0 Å². The maximum Gasteiger partial charge on any atom is 0.412 e. The van der Waals surface area contributed by atoms with Crippen molar-refractivity contribution >= 4 is 46.3 Å². The van der Waals surface area contributed by atoms with E-state index in [-0.39, 0.29) is 12.5 Å². The van der Waals surface area contributed by atoms with E-state index in [9.17, 15) is 9.59 Å². The van der Waals surface area contributed by atoms with E-state index in [4.69, 9.17) is 19.4 Å². The zero-order chi connectivity index (χ0) is 28.3. The van der Waals surface area contributed by atoms with Crippen LogP contribution in [0.1, 0.15) is 20.8 Å². The summed E-state index contributed by atoms with van der Waals surface area (Å²) in [5.74, 6) is 0.692. The molecule has 0 unspecified atom stereocenters. The molecule has 3 aromatic heterocycles. The Morgan fingerprint density at radius 3 is 2.40 bits per heavy atom. The minimum atomic E-state index is -0.597. The number of aromatic nitrogens is 6. The zero-order valence-electron chi connectivity index (χ0n) is 22.8. The molecule has 1 aliphatic heterocycles. The lowest BCUT2D eigenvalue weighted by Gasteiger charge is -2.27. The summed E-state index contributed by atoms with van der Waals surface area (Å²) in [5, 5.41) is 12.9. The van der Waals surface area contributed by atoms with Crippen molar-refractivity contribution in [3.63, 3.8) is 0 Å². The van der Waals surface area contributed by atoms with Gasteiger partial charge in [-0.3, -0.25) is 19.4 Å². The third-order valence-corrected chi connectivity index (χ3v) is 5.88. The molecule has 0 spiro atoms. The van der Waals surface area contributed by atoms with Crippen LogP contribution in [0.5, 0.6) is 0 Å². The second-order valence-electron chi connectivity index (χ2n) is 10.2. The number of aryl methyl sites for hydroxylation is 1. The van der Waals surface area contributed by atoms with Gasteiger partial charge in [0.2, 0.25) is 11.9 Å². The lowest BCUT2D eigenvalue weighted by atomic mass is 10.2. The summed E-state index contributed by atoms with van der Waals surface area (Å²) in [4.78, 5) is 40.8. The van der Waals surface area contributed by atoms with Crippen LogP contribution in [0.4, 0.5) is 27.9 Å². The molecule has 0 atom stereocenters. The molecule has 5 rings (SSSR count). The van der Waals surface area contributed by atoms with Crippen LogP contribution in [0.25, 0.3) is 16.9 Å². The molecule has 2 amide bonds. The molecule has 0 bridgehead atoms. The SMILES string of the molecule is Cn1cc(-n2cnc3c(NCC(=O)Nc4ccc(NC(=O)OC(C)(C)C)cc4)nc(N4CCOCC4)nc32)cn1. The molecule has 1 aliphatic rings. The molecule has 40 heavy (non-hydrogen) atoms. The molecular weight excluding hydrogens is 516 g/mol. The molecule has 3 N–H and O–H groups in total. The largest absolute Gasteiger partial charge is 0.444 e. The fraction of sp³-hybridized carbons (Fsp3) is 0.385. The molecule has 14 heteroatoms. The van der Waals surface area contributed by atoms with Gasteiger partial charge in [-0.15, -0.1) is 0 Å². The van der Waals surface area contributed by atoms with Gasteiger partial charge in [-0.1, -0.05) is 0 Å². The van der Waals surface area contributed by atoms with Crippen molar-refractivity contribution in [1.29, 1.82) is 0 Å². The molecule has 0 saturated carbocycles. The quantitative estimate of drug-likeness (QED) is 0.314. The summed E-state index contributed by atoms with van der Waals surface area (Å²) < 4.78 is 14.3. The summed E-state index contributed by atoms with van der Waals surface area (Å²) in [7, 11) is 1.84. The van der Waals surface area contributed by atoms with Crippen molar-refractivity contribution in [2.24, 2.45) is 7.05 Å². The van der Waals surface area contributed by atoms with Crippen molar-refractivity contribution in [2.45, 2.75) is 26.4 Å². The third kappa shape index (κ3) is 6.46. The van der Waals surface area contributed by atoms with E-state index in [0.717, 1.165) is 5.69 Å². The highest BCUT2D eigenvalue weighted by Gasteiger charge is 2.21. The Morgan fingerprint density at radius 1 is 1.05 bits per heavy atom. The van der Waals surface area contributed by atoms with Gasteiger partial charge < -0.3 is 25.0 Å². The fourth-order valence-electron chi connectivity index (χ4n) is 4.07. The Bertz CT molecular complexity index is 1500. The number of carbonyl (C=O) groups is 2. The van der Waals surface area contributed by atoms with E-state index in [0.29, 0.717) is 60.6 Å². The Balaban J connectivity index is 1.29. The van der Waals surface area contributed by atoms with Crippen LogP contribution in [-0.2, 0) is 21.3 Å². The van der Waals surface area contributed by atoms with Crippen LogP contribution < -0.4 is 20.9 Å². The summed E-state index contributed by atoms with van der Waals surface area (Å²) in [6.45, 7) is 7.81. The molecule has 210 valence electrons. The van der Waals surface area contributed by atoms with E-state index in [2.05, 4.69) is 26.0 Å². The number of ether oxygens (including phenoxy) is 2. The lowest BCUT2D eigenvalue weighted by molar-refractivity contribution is -0.114. The van der Waals surface area contributed by atoms with Crippen molar-refractivity contribution < 1.29 is 19.1 Å². The predicted octanol–water partition coefficient (Wildman–Crippen LogP) is 2.78. The maximum atomic E-state index is 12.8. The number of nitrogens with one attached hydrogen (secondary N) is 3. The Hall–Kier alpha value is -4.72. The highest BCUT2D eigenvalue weighted by atomic mass is 16.6. The first-order valence-electron chi connectivity index (χ1n) is 12.9. The van der Waals surface area contributed by atoms with Gasteiger partial charge in [0.25, 0.3) is 0 Å². The van der Waals surface area contributed by atoms with Crippen LogP contribution in [0, 0.1) is 0 Å². The Kier molecular flexibility index (Phi) is 7.51. The third-order valence-electron chi connectivity index (χ3n) is 5.88. The first kappa shape index (κ1) is 26.9. The number of morpholine rings is 1. The van der Waals surface area contributed by atoms with Crippen LogP contribution in [0.3, 0.4) is 0 Å². The number of amides is 2. The number of carbonyl (C=O) groups excluding carboxylic acids is 2. The summed E-state index contributed by atoms with van der Waals surface area (Å²) >= 11 is 0. The molecule has 1 aromatic carbocycles. The smallest absolute Gasteiger partial charge is 0.412 e. The van der Waals surface area contributed by atoms with Crippen molar-refractivity contribution in [1.82, 2.24) is 29.3 Å². The standard InChI is InChI=1S/C26H32N10O4/c1-26(2,3)40-25(38)31-18-7-5-17(6-8-18)30-20(37)14-27-22-21-23(33-24(32-22)35-9-11-39-12-10-35)36(16-28-21)19-13-29-34(4)15-19/h5-8,13,15-16H,9-12,14H2,1-4H3,(H,30,37)(H,31,38)(H,27,32,33). The second-order valence-corrected chi connectivity index (χ2v) is 10.2. The summed E-state index contributed by atoms with van der Waals surface area (Å²) in [6.07, 6.45) is 4.71. The van der Waals surface area contributed by atoms with Crippen LogP contribution in [0.15, 0.2) is 43.0 Å². The minimum absolute atomic E-state index is 0.0493. The van der Waals surface area contributed by atoms with E-state index >= 15 is 0 Å². The number of fused-ring (bicyclic) bond motifs is 1. The summed E-state index contributed by atoms with van der Waals surface area (Å²) in [5.41, 5.74) is 2.47. The first-order chi connectivity index (χ1) is 19.1. The molecule has 0 aliphatic carbocycles. The highest BCUT2D eigenvalue weighted by molar-refractivity contribution is 5.95. The van der Waals surface area contributed by atoms with E-state index in [1.54, 1.807) is 62.2 Å². The molecule has 1 fully saturated rings. The van der Waals surface area contributed by atoms with Crippen LogP contribution in [-0.4, -0.2) is 79.7 Å². The average Bonchev–Trinajstić information content (AvgIpc) is 3.54. The highest BCUT2D eigenvalue weighted by Crippen LogP contribution is 2.25. The van der Waals surface area contributed by atoms with Gasteiger partial charge in [0, 0.05) is 37.7 Å². The van der Waals surface area contributed by atoms with Gasteiger partial charge in [-0.05, 0) is 45.0 Å². The number of rotatable bonds is 7. The molecular formula is C26H32N10O4. The molecule has 1 saturated heterocycles. The molecule has 14 nitrogen and oxygen atoms in total. The van der Waals surface area contributed by atoms with Gasteiger partial charge in [0.1, 0.15) is 11.9 Å². The zero-order valence-corrected chi connectivity index (χ0v) is 22.8. The van der Waals surface area contributed by atoms with Gasteiger partial charge in [-0.2, -0.15) is 15.1 Å². The van der Waals surface area contributed by atoms with Crippen LogP contribution in [0.2, 0.25) is 0 Å². The number of hydrogen-bond acceptors (Lipinski definition) is 10. The Morgan fingerprint density at radius 2 is 1.75 bits per heavy atom. The van der Waals surface area contributed by atoms with Crippen molar-refractivity contribution in [3.8, 4) is 5.69 Å². The second kappa shape index (κ2) is 11.2. The minimum Gasteiger partial charge on any atom is -0.444 e. The number of anilines is 4. The van der Waals surface area contributed by atoms with E-state index < -0.39 is 11.7 Å². The average molecular weight is 549 g/mol. The number of imidazole rings is 1. The lowest BCUT2D eigenvalue weighted by Crippen LogP contribution is -2.37. The summed E-state index contributed by atoms with van der Waals surface area (Å²) in [6, 6.07) is 6.75. The van der Waals surface area contributed by atoms with E-state index in [1.165, 1.54) is 0 Å². The fourth-order valence-corrected chi connectivity index (χ4v) is 4.07. The van der Waals surface area contributed by atoms with Crippen molar-refractivity contribution in [2.75, 3.05) is 53.7 Å². The van der Waals surface area contributed by atoms with Gasteiger partial charge in [-0.25, -0.2) is 9.78 Å².